The number of rotatable bonds is 4. The van der Waals surface area contributed by atoms with E-state index in [1.807, 2.05) is 0 Å². The summed E-state index contributed by atoms with van der Waals surface area (Å²) in [4.78, 5) is 31.4. The number of nitrogens with zero attached hydrogens (tertiary/aromatic N) is 4. The molecule has 0 aliphatic heterocycles. The summed E-state index contributed by atoms with van der Waals surface area (Å²) in [6, 6.07) is 4.54. The maximum absolute atomic E-state index is 13.8. The number of fused-ring (bicyclic) bond motifs is 4. The Kier molecular flexibility index (Phi) is 5.17. The zero-order chi connectivity index (χ0) is 23.1. The van der Waals surface area contributed by atoms with Crippen molar-refractivity contribution >= 4 is 28.7 Å². The van der Waals surface area contributed by atoms with E-state index in [-0.39, 0.29) is 23.5 Å². The quantitative estimate of drug-likeness (QED) is 0.357. The number of H-pyrrole nitrogens is 2. The van der Waals surface area contributed by atoms with Crippen molar-refractivity contribution in [2.45, 2.75) is 31.7 Å². The number of nitrogens with two attached hydrogens (primary N) is 1. The molecule has 33 heavy (non-hydrogen) atoms. The Bertz CT molecular complexity index is 1320. The van der Waals surface area contributed by atoms with Crippen molar-refractivity contribution in [1.82, 2.24) is 15.0 Å². The highest BCUT2D eigenvalue weighted by atomic mass is 19.1. The molecule has 5 N–H and O–H groups in total. The van der Waals surface area contributed by atoms with Crippen molar-refractivity contribution in [3.63, 3.8) is 0 Å². The second kappa shape index (κ2) is 8.16. The minimum atomic E-state index is -0.850. The van der Waals surface area contributed by atoms with E-state index < -0.39 is 23.7 Å². The van der Waals surface area contributed by atoms with Crippen LogP contribution in [-0.4, -0.2) is 43.7 Å². The van der Waals surface area contributed by atoms with Crippen LogP contribution in [0.2, 0.25) is 0 Å². The van der Waals surface area contributed by atoms with Crippen molar-refractivity contribution in [3.05, 3.63) is 53.4 Å². The molecule has 3 aliphatic carbocycles. The lowest BCUT2D eigenvalue weighted by Gasteiger charge is -2.45. The van der Waals surface area contributed by atoms with E-state index in [2.05, 4.69) is 26.0 Å². The fourth-order valence-electron chi connectivity index (χ4n) is 5.20. The Balaban J connectivity index is 1.61. The molecule has 3 aromatic heterocycles. The predicted molar refractivity (Wildman–Crippen MR) is 119 cm³/mol. The molecule has 0 amide bonds. The molecular formula is C23H22FN7O2. The van der Waals surface area contributed by atoms with E-state index >= 15 is 0 Å². The summed E-state index contributed by atoms with van der Waals surface area (Å²) in [6.07, 6.45) is 7.87. The number of carboxylic acids is 1. The Morgan fingerprint density at radius 2 is 1.97 bits per heavy atom. The molecule has 3 heterocycles. The van der Waals surface area contributed by atoms with Gasteiger partial charge in [0.25, 0.3) is 0 Å². The summed E-state index contributed by atoms with van der Waals surface area (Å²) in [5.41, 5.74) is 8.09. The van der Waals surface area contributed by atoms with Crippen LogP contribution >= 0.6 is 0 Å². The van der Waals surface area contributed by atoms with Gasteiger partial charge in [-0.3, -0.25) is 9.79 Å². The van der Waals surface area contributed by atoms with Gasteiger partial charge < -0.3 is 20.8 Å². The molecule has 0 unspecified atom stereocenters. The Morgan fingerprint density at radius 1 is 1.21 bits per heavy atom. The third-order valence-corrected chi connectivity index (χ3v) is 6.78. The van der Waals surface area contributed by atoms with E-state index in [1.165, 1.54) is 12.3 Å². The number of carboxylic acid groups (broad SMARTS) is 1. The number of pyridine rings is 1. The summed E-state index contributed by atoms with van der Waals surface area (Å²) >= 11 is 0. The molecule has 0 saturated heterocycles. The first-order valence-corrected chi connectivity index (χ1v) is 10.8. The number of halogens is 1. The van der Waals surface area contributed by atoms with Crippen molar-refractivity contribution in [1.29, 1.82) is 5.26 Å². The third-order valence-electron chi connectivity index (χ3n) is 6.78. The lowest BCUT2D eigenvalue weighted by atomic mass is 9.62. The van der Waals surface area contributed by atoms with Gasteiger partial charge in [0.05, 0.1) is 29.4 Å². The number of hydrogen-bond donors (Lipinski definition) is 4. The number of carbonyl (C=O) groups is 1. The van der Waals surface area contributed by atoms with Gasteiger partial charge in [0.1, 0.15) is 23.4 Å². The summed E-state index contributed by atoms with van der Waals surface area (Å²) in [7, 11) is 0. The highest BCUT2D eigenvalue weighted by Gasteiger charge is 2.47. The fourth-order valence-corrected chi connectivity index (χ4v) is 5.20. The molecule has 2 bridgehead atoms. The number of aromatic amines is 2. The van der Waals surface area contributed by atoms with E-state index in [9.17, 15) is 19.6 Å². The summed E-state index contributed by atoms with van der Waals surface area (Å²) in [5.74, 6) is -1.40. The molecule has 168 valence electrons. The van der Waals surface area contributed by atoms with E-state index in [0.29, 0.717) is 27.9 Å². The number of amidine groups is 2. The smallest absolute Gasteiger partial charge is 0.308 e. The summed E-state index contributed by atoms with van der Waals surface area (Å²) in [5, 5.41) is 19.6. The standard InChI is InChI=1S/C23H22FN7O2/c24-14-6-15-16(10-29-21(15)28-9-14)20(26)31-22(17-5-11(7-25)8-27-17)30-19-13-3-1-12(2-4-13)18(19)23(32)33/h5-6,8-10,12-13,18-19,27H,1-4H2,(H,28,29)(H,32,33)(H2,26,30,31)/t12?,13?,18-,19-/m0/s1. The molecule has 0 spiro atoms. The first kappa shape index (κ1) is 20.9. The van der Waals surface area contributed by atoms with Crippen LogP contribution in [0.4, 0.5) is 4.39 Å². The van der Waals surface area contributed by atoms with Crippen LogP contribution in [-0.2, 0) is 4.79 Å². The average molecular weight is 447 g/mol. The SMILES string of the molecule is N#Cc1c[nH]c(C(=N[C@H]2C3CCC(CC3)[C@@H]2C(=O)O)N=C(N)c2c[nH]c3ncc(F)cc23)c1. The number of nitrogens with one attached hydrogen (secondary N) is 2. The minimum Gasteiger partial charge on any atom is -0.481 e. The van der Waals surface area contributed by atoms with Crippen molar-refractivity contribution in [2.75, 3.05) is 0 Å². The van der Waals surface area contributed by atoms with E-state index in [4.69, 9.17) is 10.7 Å². The van der Waals surface area contributed by atoms with Crippen LogP contribution in [0, 0.1) is 34.9 Å². The number of aliphatic carboxylic acids is 1. The molecule has 2 atom stereocenters. The van der Waals surface area contributed by atoms with Gasteiger partial charge >= 0.3 is 5.97 Å². The van der Waals surface area contributed by atoms with Crippen LogP contribution < -0.4 is 5.73 Å². The minimum absolute atomic E-state index is 0.0772. The Labute approximate surface area is 188 Å². The largest absolute Gasteiger partial charge is 0.481 e. The van der Waals surface area contributed by atoms with Crippen LogP contribution in [0.15, 0.2) is 40.7 Å². The first-order chi connectivity index (χ1) is 15.9. The normalized spacial score (nSPS) is 25.3. The van der Waals surface area contributed by atoms with Gasteiger partial charge in [-0.2, -0.15) is 5.26 Å². The Morgan fingerprint density at radius 3 is 2.67 bits per heavy atom. The van der Waals surface area contributed by atoms with Crippen molar-refractivity contribution in [2.24, 2.45) is 33.5 Å². The van der Waals surface area contributed by atoms with Gasteiger partial charge in [-0.15, -0.1) is 0 Å². The summed E-state index contributed by atoms with van der Waals surface area (Å²) < 4.78 is 13.8. The zero-order valence-electron chi connectivity index (χ0n) is 17.6. The van der Waals surface area contributed by atoms with Crippen LogP contribution in [0.25, 0.3) is 11.0 Å². The lowest BCUT2D eigenvalue weighted by Crippen LogP contribution is -2.47. The number of aromatic nitrogens is 3. The van der Waals surface area contributed by atoms with Gasteiger partial charge in [-0.25, -0.2) is 14.4 Å². The third kappa shape index (κ3) is 3.75. The molecule has 3 saturated carbocycles. The molecule has 9 nitrogen and oxygen atoms in total. The van der Waals surface area contributed by atoms with E-state index in [1.54, 1.807) is 12.3 Å². The fraction of sp³-hybridized carbons (Fsp3) is 0.348. The van der Waals surface area contributed by atoms with Gasteiger partial charge in [-0.1, -0.05) is 0 Å². The number of nitriles is 1. The molecule has 0 aromatic carbocycles. The van der Waals surface area contributed by atoms with Gasteiger partial charge in [0.15, 0.2) is 5.84 Å². The molecule has 6 rings (SSSR count). The zero-order valence-corrected chi connectivity index (χ0v) is 17.6. The molecular weight excluding hydrogens is 425 g/mol. The van der Waals surface area contributed by atoms with Gasteiger partial charge in [0.2, 0.25) is 0 Å². The highest BCUT2D eigenvalue weighted by Crippen LogP contribution is 2.47. The molecule has 3 aromatic rings. The van der Waals surface area contributed by atoms with Crippen molar-refractivity contribution < 1.29 is 14.3 Å². The number of aliphatic imine (C=N–C) groups is 2. The van der Waals surface area contributed by atoms with Crippen molar-refractivity contribution in [3.8, 4) is 6.07 Å². The highest BCUT2D eigenvalue weighted by molar-refractivity contribution is 6.15. The van der Waals surface area contributed by atoms with Crippen LogP contribution in [0.3, 0.4) is 0 Å². The molecule has 10 heteroatoms. The maximum Gasteiger partial charge on any atom is 0.308 e. The number of hydrogen-bond acceptors (Lipinski definition) is 4. The monoisotopic (exact) mass is 447 g/mol. The summed E-state index contributed by atoms with van der Waals surface area (Å²) in [6.45, 7) is 0. The first-order valence-electron chi connectivity index (χ1n) is 10.8. The molecule has 0 radical (unpaired) electrons. The maximum atomic E-state index is 13.8. The van der Waals surface area contributed by atoms with Crippen LogP contribution in [0.5, 0.6) is 0 Å². The van der Waals surface area contributed by atoms with E-state index in [0.717, 1.165) is 31.9 Å². The topological polar surface area (TPSA) is 156 Å². The average Bonchev–Trinajstić information content (AvgIpc) is 3.46. The molecule has 3 aliphatic rings. The van der Waals surface area contributed by atoms with Gasteiger partial charge in [0, 0.05) is 23.3 Å². The van der Waals surface area contributed by atoms with Crippen LogP contribution in [0.1, 0.15) is 42.5 Å². The van der Waals surface area contributed by atoms with Gasteiger partial charge in [-0.05, 0) is 49.7 Å². The second-order valence-electron chi connectivity index (χ2n) is 8.65. The predicted octanol–water partition coefficient (Wildman–Crippen LogP) is 2.94. The molecule has 3 fully saturated rings. The second-order valence-corrected chi connectivity index (χ2v) is 8.65. The Hall–Kier alpha value is -4.00. The lowest BCUT2D eigenvalue weighted by molar-refractivity contribution is -0.148.